The smallest absolute Gasteiger partial charge is 0.475 e. The number of rotatable bonds is 8. The molecule has 2 amide bonds. The molecule has 1 aliphatic rings. The number of alkyl halides is 9. The first-order valence-corrected chi connectivity index (χ1v) is 16.1. The summed E-state index contributed by atoms with van der Waals surface area (Å²) >= 11 is 0. The third-order valence-electron chi connectivity index (χ3n) is 7.05. The first-order valence-electron chi connectivity index (χ1n) is 16.1. The number of piperazine rings is 1. The molecule has 2 atom stereocenters. The maximum atomic E-state index is 13.5. The van der Waals surface area contributed by atoms with Crippen LogP contribution in [0, 0.1) is 0 Å². The summed E-state index contributed by atoms with van der Waals surface area (Å²) in [5.74, 6) is -8.55. The molecule has 1 saturated heterocycles. The summed E-state index contributed by atoms with van der Waals surface area (Å²) in [4.78, 5) is 52.9. The number of carboxylic acid groups (broad SMARTS) is 3. The van der Waals surface area contributed by atoms with Gasteiger partial charge < -0.3 is 41.9 Å². The molecular formula is C34H38F9N5O8. The first-order chi connectivity index (χ1) is 25.7. The van der Waals surface area contributed by atoms with E-state index in [0.29, 0.717) is 24.3 Å². The van der Waals surface area contributed by atoms with Crippen LogP contribution in [0.1, 0.15) is 48.3 Å². The fourth-order valence-electron chi connectivity index (χ4n) is 4.38. The van der Waals surface area contributed by atoms with E-state index in [-0.39, 0.29) is 29.9 Å². The van der Waals surface area contributed by atoms with E-state index in [9.17, 15) is 49.1 Å². The predicted octanol–water partition coefficient (Wildman–Crippen LogP) is 5.23. The normalized spacial score (nSPS) is 14.7. The highest BCUT2D eigenvalue weighted by atomic mass is 19.4. The van der Waals surface area contributed by atoms with E-state index in [4.69, 9.17) is 29.7 Å². The number of hydrogen-bond acceptors (Lipinski definition) is 8. The highest BCUT2D eigenvalue weighted by Gasteiger charge is 2.39. The molecule has 13 nitrogen and oxygen atoms in total. The Bertz CT molecular complexity index is 1730. The van der Waals surface area contributed by atoms with Crippen LogP contribution in [-0.2, 0) is 25.7 Å². The number of fused-ring (bicyclic) bond motifs is 1. The molecule has 0 saturated carbocycles. The molecule has 0 aromatic heterocycles. The third-order valence-corrected chi connectivity index (χ3v) is 7.05. The van der Waals surface area contributed by atoms with Gasteiger partial charge in [0.05, 0.1) is 12.1 Å². The molecule has 22 heteroatoms. The van der Waals surface area contributed by atoms with E-state index >= 15 is 0 Å². The van der Waals surface area contributed by atoms with Crippen molar-refractivity contribution in [2.45, 2.75) is 64.0 Å². The molecule has 0 aliphatic carbocycles. The lowest BCUT2D eigenvalue weighted by atomic mass is 9.99. The van der Waals surface area contributed by atoms with Crippen LogP contribution < -0.4 is 26.6 Å². The number of carbonyl (C=O) groups is 5. The van der Waals surface area contributed by atoms with Gasteiger partial charge in [0.25, 0.3) is 5.91 Å². The van der Waals surface area contributed by atoms with Gasteiger partial charge in [-0.15, -0.1) is 0 Å². The number of anilines is 1. The number of aliphatic carboxylic acids is 3. The Hall–Kier alpha value is -5.48. The zero-order valence-electron chi connectivity index (χ0n) is 29.6. The van der Waals surface area contributed by atoms with E-state index in [1.165, 1.54) is 0 Å². The first kappa shape index (κ1) is 48.5. The van der Waals surface area contributed by atoms with Gasteiger partial charge in [0.1, 0.15) is 0 Å². The minimum Gasteiger partial charge on any atom is -0.475 e. The Morgan fingerprint density at radius 2 is 1.27 bits per heavy atom. The molecule has 1 unspecified atom stereocenters. The van der Waals surface area contributed by atoms with Gasteiger partial charge in [-0.05, 0) is 41.0 Å². The van der Waals surface area contributed by atoms with Crippen LogP contribution in [0.3, 0.4) is 0 Å². The molecule has 0 bridgehead atoms. The highest BCUT2D eigenvalue weighted by Crippen LogP contribution is 2.25. The molecule has 3 aromatic carbocycles. The van der Waals surface area contributed by atoms with Crippen molar-refractivity contribution < 1.29 is 78.8 Å². The Balaban J connectivity index is 0.000000610. The van der Waals surface area contributed by atoms with Crippen molar-refractivity contribution >= 4 is 46.2 Å². The quantitative estimate of drug-likeness (QED) is 0.138. The van der Waals surface area contributed by atoms with Crippen molar-refractivity contribution in [2.75, 3.05) is 25.0 Å². The van der Waals surface area contributed by atoms with Crippen molar-refractivity contribution in [3.8, 4) is 0 Å². The average molecular weight is 816 g/mol. The van der Waals surface area contributed by atoms with E-state index in [0.717, 1.165) is 35.0 Å². The molecule has 0 spiro atoms. The zero-order valence-corrected chi connectivity index (χ0v) is 29.6. The summed E-state index contributed by atoms with van der Waals surface area (Å²) in [6.45, 7) is 8.88. The van der Waals surface area contributed by atoms with Crippen LogP contribution >= 0.6 is 0 Å². The number of benzene rings is 3. The monoisotopic (exact) mass is 815 g/mol. The standard InChI is InChI=1S/C28H35N5O2.3C2HF3O2/c1-18(2)31-16-21-11-12-22(33-28(35)26-17-29-13-14-30-26)15-25(21)27(34)32-19(3)23-10-6-8-20-7-4-5-9-24(20)23;3*3-2(4,5)1(6)7/h4-12,15,18-19,26,29-31H,13-14,16-17H2,1-3H3,(H,32,34)(H,33,35);3*(H,6,7)/t19-,26?;;;/m1.../s1. The summed E-state index contributed by atoms with van der Waals surface area (Å²) in [5, 5.41) is 39.6. The zero-order chi connectivity index (χ0) is 43.0. The number of carbonyl (C=O) groups excluding carboxylic acids is 2. The summed E-state index contributed by atoms with van der Waals surface area (Å²) in [5.41, 5.74) is 3.12. The van der Waals surface area contributed by atoms with Gasteiger partial charge in [0, 0.05) is 43.5 Å². The van der Waals surface area contributed by atoms with Gasteiger partial charge in [0.15, 0.2) is 0 Å². The van der Waals surface area contributed by atoms with Crippen LogP contribution in [0.25, 0.3) is 10.8 Å². The fraction of sp³-hybridized carbons (Fsp3) is 0.382. The minimum atomic E-state index is -5.08. The Kier molecular flexibility index (Phi) is 18.7. The number of hydrogen-bond donors (Lipinski definition) is 8. The van der Waals surface area contributed by atoms with E-state index in [1.807, 2.05) is 37.3 Å². The van der Waals surface area contributed by atoms with Crippen LogP contribution in [0.2, 0.25) is 0 Å². The second-order valence-corrected chi connectivity index (χ2v) is 11.8. The summed E-state index contributed by atoms with van der Waals surface area (Å²) in [7, 11) is 0. The molecule has 56 heavy (non-hydrogen) atoms. The number of carboxylic acids is 3. The number of halogens is 9. The molecule has 4 rings (SSSR count). The van der Waals surface area contributed by atoms with E-state index in [1.54, 1.807) is 6.07 Å². The van der Waals surface area contributed by atoms with Crippen LogP contribution in [0.4, 0.5) is 45.2 Å². The fourth-order valence-corrected chi connectivity index (χ4v) is 4.38. The van der Waals surface area contributed by atoms with Crippen molar-refractivity contribution in [1.82, 2.24) is 21.3 Å². The Morgan fingerprint density at radius 1 is 0.750 bits per heavy atom. The van der Waals surface area contributed by atoms with Gasteiger partial charge in [-0.3, -0.25) is 9.59 Å². The summed E-state index contributed by atoms with van der Waals surface area (Å²) < 4.78 is 95.2. The van der Waals surface area contributed by atoms with Crippen LogP contribution in [0.5, 0.6) is 0 Å². The molecule has 0 radical (unpaired) electrons. The summed E-state index contributed by atoms with van der Waals surface area (Å²) in [6, 6.07) is 19.7. The van der Waals surface area contributed by atoms with Crippen molar-refractivity contribution in [1.29, 1.82) is 0 Å². The van der Waals surface area contributed by atoms with Gasteiger partial charge in [-0.2, -0.15) is 39.5 Å². The van der Waals surface area contributed by atoms with Crippen LogP contribution in [0.15, 0.2) is 60.7 Å². The topological polar surface area (TPSA) is 206 Å². The van der Waals surface area contributed by atoms with Crippen molar-refractivity contribution in [3.05, 3.63) is 77.4 Å². The second kappa shape index (κ2) is 21.6. The van der Waals surface area contributed by atoms with Crippen LogP contribution in [-0.4, -0.2) is 95.3 Å². The molecular weight excluding hydrogens is 777 g/mol. The van der Waals surface area contributed by atoms with Gasteiger partial charge >= 0.3 is 36.4 Å². The molecule has 3 aromatic rings. The van der Waals surface area contributed by atoms with Gasteiger partial charge in [-0.25, -0.2) is 14.4 Å². The van der Waals surface area contributed by atoms with Crippen molar-refractivity contribution in [2.24, 2.45) is 0 Å². The average Bonchev–Trinajstić information content (AvgIpc) is 3.10. The number of nitrogens with one attached hydrogen (secondary N) is 5. The molecule has 1 aliphatic heterocycles. The lowest BCUT2D eigenvalue weighted by Crippen LogP contribution is -2.54. The van der Waals surface area contributed by atoms with E-state index < -0.39 is 36.4 Å². The second-order valence-electron chi connectivity index (χ2n) is 11.8. The number of amides is 2. The Labute approximate surface area is 312 Å². The SMILES string of the molecule is CC(C)NCc1ccc(NC(=O)C2CNCCN2)cc1C(=O)N[C@H](C)c1cccc2ccccc12.O=C(O)C(F)(F)F.O=C(O)C(F)(F)F.O=C(O)C(F)(F)F. The summed E-state index contributed by atoms with van der Waals surface area (Å²) in [6.07, 6.45) is -15.3. The minimum absolute atomic E-state index is 0.110. The third kappa shape index (κ3) is 17.3. The highest BCUT2D eigenvalue weighted by molar-refractivity contribution is 6.00. The maximum absolute atomic E-state index is 13.5. The Morgan fingerprint density at radius 3 is 1.75 bits per heavy atom. The molecule has 1 heterocycles. The predicted molar refractivity (Wildman–Crippen MR) is 183 cm³/mol. The molecule has 310 valence electrons. The lowest BCUT2D eigenvalue weighted by Gasteiger charge is -2.24. The largest absolute Gasteiger partial charge is 0.490 e. The van der Waals surface area contributed by atoms with Gasteiger partial charge in [0.2, 0.25) is 5.91 Å². The van der Waals surface area contributed by atoms with Crippen molar-refractivity contribution in [3.63, 3.8) is 0 Å². The van der Waals surface area contributed by atoms with Gasteiger partial charge in [-0.1, -0.05) is 62.4 Å². The van der Waals surface area contributed by atoms with E-state index in [2.05, 4.69) is 64.7 Å². The maximum Gasteiger partial charge on any atom is 0.490 e. The lowest BCUT2D eigenvalue weighted by molar-refractivity contribution is -0.193. The molecule has 8 N–H and O–H groups in total. The molecule has 1 fully saturated rings.